The van der Waals surface area contributed by atoms with E-state index in [-0.39, 0.29) is 0 Å². The maximum Gasteiger partial charge on any atom is 0.173 e. The fraction of sp³-hybridized carbons (Fsp3) is 0.333. The highest BCUT2D eigenvalue weighted by Gasteiger charge is 2.50. The van der Waals surface area contributed by atoms with Gasteiger partial charge in [-0.1, -0.05) is 70.5 Å². The summed E-state index contributed by atoms with van der Waals surface area (Å²) in [7, 11) is -3.31. The number of hydrogen-bond acceptors (Lipinski definition) is 1. The van der Waals surface area contributed by atoms with Crippen LogP contribution < -0.4 is 10.4 Å². The number of rotatable bonds is 5. The van der Waals surface area contributed by atoms with Gasteiger partial charge in [-0.25, -0.2) is 0 Å². The van der Waals surface area contributed by atoms with Gasteiger partial charge in [0, 0.05) is 5.33 Å². The van der Waals surface area contributed by atoms with Crippen LogP contribution >= 0.6 is 15.9 Å². The molecule has 0 radical (unpaired) electrons. The number of nitrogens with zero attached hydrogens (tertiary/aromatic N) is 1. The second-order valence-corrected chi connectivity index (χ2v) is 17.4. The van der Waals surface area contributed by atoms with E-state index in [4.69, 9.17) is 0 Å². The van der Waals surface area contributed by atoms with Gasteiger partial charge >= 0.3 is 0 Å². The highest BCUT2D eigenvalue weighted by atomic mass is 79.9. The molecule has 0 spiro atoms. The van der Waals surface area contributed by atoms with E-state index in [1.807, 2.05) is 0 Å². The Bertz CT molecular complexity index is 733. The third kappa shape index (κ3) is 3.44. The topological polar surface area (TPSA) is 3.24 Å². The van der Waals surface area contributed by atoms with Crippen molar-refractivity contribution in [2.75, 3.05) is 5.33 Å². The molecule has 0 aromatic heterocycles. The van der Waals surface area contributed by atoms with Gasteiger partial charge in [0.15, 0.2) is 16.5 Å². The molecule has 1 aliphatic rings. The Morgan fingerprint density at radius 3 is 1.92 bits per heavy atom. The predicted molar refractivity (Wildman–Crippen MR) is 120 cm³/mol. The summed E-state index contributed by atoms with van der Waals surface area (Å²) in [6, 6.07) is 20.1. The predicted octanol–water partition coefficient (Wildman–Crippen LogP) is 5.04. The molecule has 0 N–H and O–H groups in total. The second-order valence-electron chi connectivity index (χ2n) is 7.85. The van der Waals surface area contributed by atoms with Crippen LogP contribution in [0, 0.1) is 0 Å². The average Bonchev–Trinajstić information content (AvgIpc) is 2.76. The summed E-state index contributed by atoms with van der Waals surface area (Å²) in [5.74, 6) is 0. The molecule has 0 unspecified atom stereocenters. The third-order valence-electron chi connectivity index (χ3n) is 5.46. The summed E-state index contributed by atoms with van der Waals surface area (Å²) >= 11 is 3.61. The van der Waals surface area contributed by atoms with Gasteiger partial charge < -0.3 is 4.23 Å². The summed E-state index contributed by atoms with van der Waals surface area (Å²) in [6.07, 6.45) is 4.83. The SMILES string of the molecule is C[Si]1(C)c2ccccc2[Si](C)(C)N1/C=C(\CCCBr)c1ccccc1. The Balaban J connectivity index is 2.08. The first-order chi connectivity index (χ1) is 11.9. The number of halogens is 1. The van der Waals surface area contributed by atoms with Gasteiger partial charge in [0.1, 0.15) is 0 Å². The summed E-state index contributed by atoms with van der Waals surface area (Å²) < 4.78 is 2.83. The van der Waals surface area contributed by atoms with Crippen LogP contribution in [-0.4, -0.2) is 26.0 Å². The normalized spacial score (nSPS) is 18.3. The minimum atomic E-state index is -1.65. The smallest absolute Gasteiger partial charge is 0.173 e. The molecule has 1 heterocycles. The summed E-state index contributed by atoms with van der Waals surface area (Å²) in [4.78, 5) is 0. The number of hydrogen-bond donors (Lipinski definition) is 0. The fourth-order valence-electron chi connectivity index (χ4n) is 4.18. The lowest BCUT2D eigenvalue weighted by Crippen LogP contribution is -2.57. The molecule has 3 rings (SSSR count). The lowest BCUT2D eigenvalue weighted by molar-refractivity contribution is 0.851. The number of alkyl halides is 1. The molecule has 1 nitrogen and oxygen atoms in total. The average molecular weight is 431 g/mol. The first kappa shape index (κ1) is 18.7. The zero-order valence-electron chi connectivity index (χ0n) is 15.7. The van der Waals surface area contributed by atoms with Crippen LogP contribution in [0.3, 0.4) is 0 Å². The van der Waals surface area contributed by atoms with Crippen LogP contribution in [0.15, 0.2) is 60.8 Å². The second kappa shape index (κ2) is 7.25. The standard InChI is InChI=1S/C21H28BrNSi2/c1-24(2)20-14-8-9-15-21(20)25(3,4)23(24)17-19(13-10-16-22)18-11-6-5-7-12-18/h5-9,11-12,14-15,17H,10,13,16H2,1-4H3/b19-17+. The highest BCUT2D eigenvalue weighted by Crippen LogP contribution is 2.30. The first-order valence-corrected chi connectivity index (χ1v) is 16.1. The molecule has 2 aromatic carbocycles. The summed E-state index contributed by atoms with van der Waals surface area (Å²) in [5.41, 5.74) is 2.85. The van der Waals surface area contributed by atoms with E-state index in [0.29, 0.717) is 0 Å². The van der Waals surface area contributed by atoms with E-state index in [1.54, 1.807) is 10.4 Å². The Hall–Kier alpha value is -1.11. The van der Waals surface area contributed by atoms with E-state index in [2.05, 4.69) is 107 Å². The monoisotopic (exact) mass is 429 g/mol. The molecule has 0 atom stereocenters. The minimum Gasteiger partial charge on any atom is -0.423 e. The van der Waals surface area contributed by atoms with Gasteiger partial charge in [-0.2, -0.15) is 0 Å². The maximum atomic E-state index is 3.61. The molecule has 25 heavy (non-hydrogen) atoms. The van der Waals surface area contributed by atoms with Gasteiger partial charge in [-0.15, -0.1) is 0 Å². The Morgan fingerprint density at radius 1 is 0.880 bits per heavy atom. The lowest BCUT2D eigenvalue weighted by atomic mass is 10.0. The molecule has 0 bridgehead atoms. The molecule has 1 aliphatic heterocycles. The van der Waals surface area contributed by atoms with Crippen LogP contribution in [0.25, 0.3) is 5.57 Å². The molecule has 0 saturated heterocycles. The molecule has 0 aliphatic carbocycles. The van der Waals surface area contributed by atoms with Gasteiger partial charge in [0.05, 0.1) is 0 Å². The van der Waals surface area contributed by atoms with Crippen LogP contribution in [0.2, 0.25) is 26.2 Å². The van der Waals surface area contributed by atoms with Crippen LogP contribution in [0.1, 0.15) is 18.4 Å². The van der Waals surface area contributed by atoms with Crippen molar-refractivity contribution in [3.05, 3.63) is 66.4 Å². The van der Waals surface area contributed by atoms with Crippen molar-refractivity contribution < 1.29 is 0 Å². The van der Waals surface area contributed by atoms with E-state index < -0.39 is 16.5 Å². The maximum absolute atomic E-state index is 3.61. The molecular weight excluding hydrogens is 402 g/mol. The number of benzene rings is 2. The largest absolute Gasteiger partial charge is 0.423 e. The van der Waals surface area contributed by atoms with Crippen molar-refractivity contribution in [2.24, 2.45) is 0 Å². The molecule has 0 fully saturated rings. The van der Waals surface area contributed by atoms with Crippen LogP contribution in [0.5, 0.6) is 0 Å². The van der Waals surface area contributed by atoms with Crippen molar-refractivity contribution in [3.8, 4) is 0 Å². The fourth-order valence-corrected chi connectivity index (χ4v) is 16.6. The van der Waals surface area contributed by atoms with Crippen molar-refractivity contribution >= 4 is 48.3 Å². The van der Waals surface area contributed by atoms with Crippen molar-refractivity contribution in [3.63, 3.8) is 0 Å². The Kier molecular flexibility index (Phi) is 5.42. The number of allylic oxidation sites excluding steroid dienone is 1. The number of fused-ring (bicyclic) bond motifs is 1. The Morgan fingerprint density at radius 2 is 1.40 bits per heavy atom. The molecule has 0 amide bonds. The third-order valence-corrected chi connectivity index (χ3v) is 15.8. The quantitative estimate of drug-likeness (QED) is 0.474. The van der Waals surface area contributed by atoms with Gasteiger partial charge in [0.2, 0.25) is 0 Å². The van der Waals surface area contributed by atoms with E-state index in [1.165, 1.54) is 17.6 Å². The van der Waals surface area contributed by atoms with Crippen molar-refractivity contribution in [1.29, 1.82) is 0 Å². The zero-order chi connectivity index (χ0) is 18.1. The van der Waals surface area contributed by atoms with Gasteiger partial charge in [0.25, 0.3) is 0 Å². The highest BCUT2D eigenvalue weighted by molar-refractivity contribution is 9.09. The van der Waals surface area contributed by atoms with E-state index >= 15 is 0 Å². The molecular formula is C21H28BrNSi2. The van der Waals surface area contributed by atoms with Crippen molar-refractivity contribution in [2.45, 2.75) is 39.0 Å². The lowest BCUT2D eigenvalue weighted by Gasteiger charge is -2.39. The zero-order valence-corrected chi connectivity index (χ0v) is 19.3. The molecule has 0 saturated carbocycles. The van der Waals surface area contributed by atoms with Gasteiger partial charge in [-0.05, 0) is 66.7 Å². The van der Waals surface area contributed by atoms with E-state index in [0.717, 1.165) is 11.8 Å². The molecule has 132 valence electrons. The Labute approximate surface area is 163 Å². The first-order valence-electron chi connectivity index (χ1n) is 9.10. The van der Waals surface area contributed by atoms with Crippen LogP contribution in [-0.2, 0) is 0 Å². The van der Waals surface area contributed by atoms with Crippen molar-refractivity contribution in [1.82, 2.24) is 4.23 Å². The van der Waals surface area contributed by atoms with Gasteiger partial charge in [-0.3, -0.25) is 0 Å². The van der Waals surface area contributed by atoms with Crippen LogP contribution in [0.4, 0.5) is 0 Å². The molecule has 4 heteroatoms. The van der Waals surface area contributed by atoms with E-state index in [9.17, 15) is 0 Å². The summed E-state index contributed by atoms with van der Waals surface area (Å²) in [5, 5.41) is 4.32. The summed E-state index contributed by atoms with van der Waals surface area (Å²) in [6.45, 7) is 10.0. The molecule has 2 aromatic rings. The minimum absolute atomic E-state index is 1.05.